The number of fused-ring (bicyclic) bond motifs is 2. The smallest absolute Gasteiger partial charge is 0.300 e. The van der Waals surface area contributed by atoms with Gasteiger partial charge in [0.25, 0.3) is 5.97 Å². The van der Waals surface area contributed by atoms with Crippen molar-refractivity contribution in [1.82, 2.24) is 0 Å². The lowest BCUT2D eigenvalue weighted by atomic mass is 10.1. The van der Waals surface area contributed by atoms with E-state index in [4.69, 9.17) is 9.90 Å². The predicted octanol–water partition coefficient (Wildman–Crippen LogP) is 2.70. The van der Waals surface area contributed by atoms with Crippen molar-refractivity contribution < 1.29 is 9.90 Å². The fraction of sp³-hybridized carbons (Fsp3) is 0.375. The quantitative estimate of drug-likeness (QED) is 0.765. The maximum atomic E-state index is 9.00. The van der Waals surface area contributed by atoms with Crippen molar-refractivity contribution in [3.63, 3.8) is 0 Å². The van der Waals surface area contributed by atoms with E-state index in [1.54, 1.807) is 18.1 Å². The van der Waals surface area contributed by atoms with Crippen LogP contribution < -0.4 is 5.32 Å². The second-order valence-electron chi connectivity index (χ2n) is 5.26. The number of carboxylic acid groups (broad SMARTS) is 1. The van der Waals surface area contributed by atoms with Gasteiger partial charge in [-0.25, -0.2) is 4.99 Å². The molecule has 2 N–H and O–H groups in total. The average molecular weight is 332 g/mol. The van der Waals surface area contributed by atoms with Gasteiger partial charge in [-0.05, 0) is 25.0 Å². The zero-order valence-electron chi connectivity index (χ0n) is 13.1. The number of aliphatic carboxylic acids is 1. The van der Waals surface area contributed by atoms with E-state index in [0.29, 0.717) is 6.04 Å². The molecule has 0 saturated carbocycles. The second kappa shape index (κ2) is 8.47. The third kappa shape index (κ3) is 5.52. The highest BCUT2D eigenvalue weighted by atomic mass is 32.2. The number of nitrogens with one attached hydrogen (secondary N) is 1. The van der Waals surface area contributed by atoms with Gasteiger partial charge in [0.2, 0.25) is 0 Å². The molecule has 0 amide bonds. The minimum absolute atomic E-state index is 0.208. The molecule has 6 nitrogen and oxygen atoms in total. The number of benzene rings is 1. The Hall–Kier alpha value is -2.15. The van der Waals surface area contributed by atoms with Gasteiger partial charge in [-0.1, -0.05) is 30.0 Å². The van der Waals surface area contributed by atoms with Gasteiger partial charge in [-0.3, -0.25) is 14.8 Å². The number of aliphatic imine (C=N–C) groups is 3. The van der Waals surface area contributed by atoms with Crippen LogP contribution in [0.25, 0.3) is 0 Å². The summed E-state index contributed by atoms with van der Waals surface area (Å²) in [6.45, 7) is 3.29. The molecule has 3 aliphatic heterocycles. The lowest BCUT2D eigenvalue weighted by Crippen LogP contribution is -2.19. The molecule has 4 rings (SSSR count). The first-order valence-corrected chi connectivity index (χ1v) is 8.26. The van der Waals surface area contributed by atoms with Gasteiger partial charge < -0.3 is 10.4 Å². The van der Waals surface area contributed by atoms with Gasteiger partial charge >= 0.3 is 0 Å². The molecule has 0 fully saturated rings. The van der Waals surface area contributed by atoms with E-state index < -0.39 is 5.97 Å². The molecule has 23 heavy (non-hydrogen) atoms. The van der Waals surface area contributed by atoms with Gasteiger partial charge in [0.05, 0.1) is 5.55 Å². The Kier molecular flexibility index (Phi) is 6.34. The van der Waals surface area contributed by atoms with E-state index in [-0.39, 0.29) is 11.4 Å². The molecule has 3 aliphatic rings. The molecular formula is C16H20N4O2S. The molecule has 3 unspecified atom stereocenters. The molecule has 0 bridgehead atoms. The highest BCUT2D eigenvalue weighted by molar-refractivity contribution is 8.13. The van der Waals surface area contributed by atoms with Crippen LogP contribution in [0.4, 0.5) is 5.69 Å². The number of thioether (sulfide) groups is 1. The number of hydrogen-bond donors (Lipinski definition) is 2. The summed E-state index contributed by atoms with van der Waals surface area (Å²) in [6, 6.07) is 9.32. The summed E-state index contributed by atoms with van der Waals surface area (Å²) in [5, 5.41) is 11.1. The Labute approximate surface area is 139 Å². The van der Waals surface area contributed by atoms with E-state index in [1.807, 2.05) is 11.8 Å². The highest BCUT2D eigenvalue weighted by Crippen LogP contribution is 2.24. The lowest BCUT2D eigenvalue weighted by molar-refractivity contribution is -0.134. The number of rotatable bonds is 0. The Morgan fingerprint density at radius 3 is 2.78 bits per heavy atom. The lowest BCUT2D eigenvalue weighted by Gasteiger charge is -2.09. The van der Waals surface area contributed by atoms with Crippen molar-refractivity contribution in [3.05, 3.63) is 29.8 Å². The molecule has 1 aromatic rings. The number of nitrogens with zero attached hydrogens (tertiary/aromatic N) is 3. The Balaban J connectivity index is 0.000000137. The summed E-state index contributed by atoms with van der Waals surface area (Å²) >= 11 is 1.65. The van der Waals surface area contributed by atoms with Crippen molar-refractivity contribution in [2.75, 3.05) is 5.32 Å². The molecule has 0 aliphatic carbocycles. The van der Waals surface area contributed by atoms with Crippen LogP contribution >= 0.6 is 11.8 Å². The topological polar surface area (TPSA) is 86.4 Å². The first-order chi connectivity index (χ1) is 11.1. The van der Waals surface area contributed by atoms with E-state index in [2.05, 4.69) is 51.5 Å². The highest BCUT2D eigenvalue weighted by Gasteiger charge is 2.23. The van der Waals surface area contributed by atoms with E-state index in [1.165, 1.54) is 17.7 Å². The van der Waals surface area contributed by atoms with Crippen LogP contribution in [0.15, 0.2) is 39.2 Å². The van der Waals surface area contributed by atoms with Crippen LogP contribution in [-0.2, 0) is 11.2 Å². The molecule has 3 atom stereocenters. The van der Waals surface area contributed by atoms with Crippen LogP contribution in [0.3, 0.4) is 0 Å². The third-order valence-electron chi connectivity index (χ3n) is 3.19. The van der Waals surface area contributed by atoms with Gasteiger partial charge in [0.1, 0.15) is 17.8 Å². The van der Waals surface area contributed by atoms with Crippen LogP contribution in [0.2, 0.25) is 0 Å². The van der Waals surface area contributed by atoms with E-state index in [9.17, 15) is 0 Å². The fourth-order valence-corrected chi connectivity index (χ4v) is 3.04. The van der Waals surface area contributed by atoms with Crippen LogP contribution in [0.5, 0.6) is 0 Å². The Morgan fingerprint density at radius 1 is 1.35 bits per heavy atom. The van der Waals surface area contributed by atoms with Gasteiger partial charge in [0.15, 0.2) is 0 Å². The molecule has 0 spiro atoms. The van der Waals surface area contributed by atoms with Crippen LogP contribution in [0, 0.1) is 0 Å². The van der Waals surface area contributed by atoms with Gasteiger partial charge in [0, 0.05) is 24.9 Å². The monoisotopic (exact) mass is 332 g/mol. The molecule has 0 aromatic heterocycles. The molecular weight excluding hydrogens is 312 g/mol. The maximum Gasteiger partial charge on any atom is 0.300 e. The number of hydrogen-bond acceptors (Lipinski definition) is 6. The number of anilines is 1. The van der Waals surface area contributed by atoms with Crippen molar-refractivity contribution in [2.24, 2.45) is 15.0 Å². The maximum absolute atomic E-state index is 9.00. The van der Waals surface area contributed by atoms with Crippen LogP contribution in [0.1, 0.15) is 19.4 Å². The van der Waals surface area contributed by atoms with Crippen molar-refractivity contribution >= 4 is 41.5 Å². The molecule has 0 radical (unpaired) electrons. The summed E-state index contributed by atoms with van der Waals surface area (Å²) in [4.78, 5) is 21.1. The summed E-state index contributed by atoms with van der Waals surface area (Å²) in [5.41, 5.74) is 4.61. The van der Waals surface area contributed by atoms with E-state index >= 15 is 0 Å². The second-order valence-corrected chi connectivity index (χ2v) is 6.23. The minimum atomic E-state index is -0.833. The summed E-state index contributed by atoms with van der Waals surface area (Å²) in [7, 11) is 0. The average Bonchev–Trinajstić information content (AvgIpc) is 3.11. The molecule has 0 saturated heterocycles. The van der Waals surface area contributed by atoms with Crippen molar-refractivity contribution in [3.8, 4) is 0 Å². The van der Waals surface area contributed by atoms with Crippen molar-refractivity contribution in [1.29, 1.82) is 0 Å². The zero-order valence-corrected chi connectivity index (χ0v) is 13.9. The zero-order chi connectivity index (χ0) is 16.7. The first-order valence-electron chi connectivity index (χ1n) is 7.32. The normalized spacial score (nSPS) is 25.2. The summed E-state index contributed by atoms with van der Waals surface area (Å²) in [5.74, 6) is -0.833. The van der Waals surface area contributed by atoms with Crippen LogP contribution in [-0.4, -0.2) is 46.6 Å². The molecule has 3 heterocycles. The summed E-state index contributed by atoms with van der Waals surface area (Å²) in [6.07, 6.45) is 4.59. The third-order valence-corrected chi connectivity index (χ3v) is 4.11. The minimum Gasteiger partial charge on any atom is -0.481 e. The number of carbonyl (C=O) groups is 1. The SMILES string of the molecule is C1=NC=NC2SC=NC12.CC(=O)O.CC1Cc2ccccc2N1. The Bertz CT molecular complexity index is 601. The standard InChI is InChI=1S/C9H11N.C5H5N3S.C2H4O2/c1-7-6-8-4-2-3-5-9(8)10-7;1-4-5(7-2-6-1)9-3-8-4;1-2(3)4/h2-5,7,10H,6H2,1H3;1-5H;1H3,(H,3,4). The number of para-hydroxylation sites is 1. The summed E-state index contributed by atoms with van der Waals surface area (Å²) < 4.78 is 0. The Morgan fingerprint density at radius 2 is 2.09 bits per heavy atom. The van der Waals surface area contributed by atoms with Gasteiger partial charge in [-0.15, -0.1) is 0 Å². The first kappa shape index (κ1) is 17.2. The molecule has 7 heteroatoms. The van der Waals surface area contributed by atoms with Gasteiger partial charge in [-0.2, -0.15) is 0 Å². The molecule has 122 valence electrons. The van der Waals surface area contributed by atoms with E-state index in [0.717, 1.165) is 6.92 Å². The largest absolute Gasteiger partial charge is 0.481 e. The van der Waals surface area contributed by atoms with Crippen molar-refractivity contribution in [2.45, 2.75) is 37.7 Å². The number of carboxylic acids is 1. The fourth-order valence-electron chi connectivity index (χ4n) is 2.27. The molecule has 1 aromatic carbocycles. The predicted molar refractivity (Wildman–Crippen MR) is 97.2 cm³/mol.